The van der Waals surface area contributed by atoms with Crippen molar-refractivity contribution in [2.24, 2.45) is 0 Å². The summed E-state index contributed by atoms with van der Waals surface area (Å²) in [6.45, 7) is 3.20. The number of carbonyl (C=O) groups is 2. The molecule has 10 heteroatoms. The number of benzene rings is 2. The molecule has 1 N–H and O–H groups in total. The van der Waals surface area contributed by atoms with Crippen LogP contribution in [0.25, 0.3) is 0 Å². The Hall–Kier alpha value is -3.27. The molecule has 0 radical (unpaired) electrons. The van der Waals surface area contributed by atoms with Crippen LogP contribution in [-0.2, 0) is 19.6 Å². The summed E-state index contributed by atoms with van der Waals surface area (Å²) < 4.78 is 41.1. The van der Waals surface area contributed by atoms with Crippen LogP contribution >= 0.6 is 0 Å². The molecule has 0 unspecified atom stereocenters. The van der Waals surface area contributed by atoms with Gasteiger partial charge in [-0.25, -0.2) is 13.2 Å². The van der Waals surface area contributed by atoms with Crippen molar-refractivity contribution in [3.8, 4) is 11.5 Å². The topological polar surface area (TPSA) is 111 Å². The fourth-order valence-electron chi connectivity index (χ4n) is 2.96. The summed E-state index contributed by atoms with van der Waals surface area (Å²) in [6, 6.07) is 9.46. The molecule has 160 valence electrons. The number of ether oxygens (including phenoxy) is 3. The molecule has 1 heterocycles. The van der Waals surface area contributed by atoms with Crippen LogP contribution in [0.5, 0.6) is 11.5 Å². The van der Waals surface area contributed by atoms with E-state index < -0.39 is 28.4 Å². The molecule has 0 aromatic heterocycles. The number of sulfonamides is 1. The van der Waals surface area contributed by atoms with Gasteiger partial charge in [-0.1, -0.05) is 6.07 Å². The van der Waals surface area contributed by atoms with Crippen molar-refractivity contribution in [2.75, 3.05) is 35.8 Å². The quantitative estimate of drug-likeness (QED) is 0.666. The minimum Gasteiger partial charge on any atom is -0.462 e. The van der Waals surface area contributed by atoms with E-state index in [4.69, 9.17) is 14.2 Å². The maximum absolute atomic E-state index is 12.6. The first-order chi connectivity index (χ1) is 14.2. The molecule has 1 aliphatic rings. The lowest BCUT2D eigenvalue weighted by atomic mass is 10.1. The normalized spacial score (nSPS) is 12.4. The van der Waals surface area contributed by atoms with Gasteiger partial charge in [-0.2, -0.15) is 0 Å². The average Bonchev–Trinajstić information content (AvgIpc) is 3.15. The zero-order chi connectivity index (χ0) is 21.9. The first-order valence-electron chi connectivity index (χ1n) is 9.14. The highest BCUT2D eigenvalue weighted by Crippen LogP contribution is 2.36. The molecular weight excluding hydrogens is 412 g/mol. The van der Waals surface area contributed by atoms with Crippen LogP contribution in [0.3, 0.4) is 0 Å². The van der Waals surface area contributed by atoms with E-state index in [9.17, 15) is 18.0 Å². The highest BCUT2D eigenvalue weighted by molar-refractivity contribution is 7.92. The van der Waals surface area contributed by atoms with E-state index in [0.29, 0.717) is 28.3 Å². The molecule has 0 bridgehead atoms. The minimum atomic E-state index is -3.76. The molecule has 0 atom stereocenters. The summed E-state index contributed by atoms with van der Waals surface area (Å²) >= 11 is 0. The van der Waals surface area contributed by atoms with Crippen LogP contribution in [-0.4, -0.2) is 46.5 Å². The monoisotopic (exact) mass is 434 g/mol. The molecular formula is C20H22N2O7S. The number of nitrogens with zero attached hydrogens (tertiary/aromatic N) is 1. The molecule has 0 fully saturated rings. The lowest BCUT2D eigenvalue weighted by Crippen LogP contribution is -2.37. The van der Waals surface area contributed by atoms with Gasteiger partial charge in [-0.3, -0.25) is 9.10 Å². The Labute approximate surface area is 174 Å². The van der Waals surface area contributed by atoms with Gasteiger partial charge in [0, 0.05) is 11.8 Å². The van der Waals surface area contributed by atoms with Crippen LogP contribution in [0, 0.1) is 6.92 Å². The fraction of sp³-hybridized carbons (Fsp3) is 0.300. The van der Waals surface area contributed by atoms with Crippen LogP contribution in [0.4, 0.5) is 11.4 Å². The van der Waals surface area contributed by atoms with Crippen LogP contribution in [0.2, 0.25) is 0 Å². The van der Waals surface area contributed by atoms with Gasteiger partial charge in [0.15, 0.2) is 11.5 Å². The van der Waals surface area contributed by atoms with E-state index in [1.54, 1.807) is 38.1 Å². The van der Waals surface area contributed by atoms with Crippen LogP contribution in [0.1, 0.15) is 22.8 Å². The molecule has 2 aromatic carbocycles. The Bertz CT molecular complexity index is 1080. The molecule has 0 spiro atoms. The zero-order valence-corrected chi connectivity index (χ0v) is 17.6. The Balaban J connectivity index is 1.81. The van der Waals surface area contributed by atoms with E-state index >= 15 is 0 Å². The molecule has 1 amide bonds. The van der Waals surface area contributed by atoms with Gasteiger partial charge in [-0.05, 0) is 43.7 Å². The van der Waals surface area contributed by atoms with E-state index in [1.165, 1.54) is 12.1 Å². The van der Waals surface area contributed by atoms with Crippen molar-refractivity contribution in [3.05, 3.63) is 47.5 Å². The molecule has 3 rings (SSSR count). The van der Waals surface area contributed by atoms with E-state index in [1.807, 2.05) is 0 Å². The second-order valence-corrected chi connectivity index (χ2v) is 8.46. The number of carbonyl (C=O) groups excluding carboxylic acids is 2. The number of amides is 1. The first kappa shape index (κ1) is 21.4. The molecule has 0 aliphatic carbocycles. The maximum Gasteiger partial charge on any atom is 0.338 e. The Morgan fingerprint density at radius 3 is 2.60 bits per heavy atom. The summed E-state index contributed by atoms with van der Waals surface area (Å²) in [4.78, 5) is 24.7. The van der Waals surface area contributed by atoms with Gasteiger partial charge >= 0.3 is 5.97 Å². The predicted molar refractivity (Wildman–Crippen MR) is 111 cm³/mol. The smallest absolute Gasteiger partial charge is 0.338 e. The number of hydrogen-bond acceptors (Lipinski definition) is 7. The Morgan fingerprint density at radius 2 is 1.90 bits per heavy atom. The van der Waals surface area contributed by atoms with E-state index in [-0.39, 0.29) is 19.1 Å². The second kappa shape index (κ2) is 8.62. The van der Waals surface area contributed by atoms with Crippen LogP contribution < -0.4 is 19.1 Å². The first-order valence-corrected chi connectivity index (χ1v) is 11.0. The zero-order valence-electron chi connectivity index (χ0n) is 16.8. The number of hydrogen-bond donors (Lipinski definition) is 1. The van der Waals surface area contributed by atoms with Crippen LogP contribution in [0.15, 0.2) is 36.4 Å². The van der Waals surface area contributed by atoms with Gasteiger partial charge in [0.25, 0.3) is 0 Å². The lowest BCUT2D eigenvalue weighted by Gasteiger charge is -2.22. The van der Waals surface area contributed by atoms with Gasteiger partial charge in [0.05, 0.1) is 24.1 Å². The fourth-order valence-corrected chi connectivity index (χ4v) is 3.81. The van der Waals surface area contributed by atoms with E-state index in [0.717, 1.165) is 10.6 Å². The summed E-state index contributed by atoms with van der Waals surface area (Å²) in [5.74, 6) is -0.158. The number of rotatable bonds is 7. The average molecular weight is 434 g/mol. The third kappa shape index (κ3) is 4.65. The standard InChI is InChI=1S/C20H22N2O7S/c1-4-27-20(24)15-6-5-7-16(13(15)2)21-19(23)11-22(30(3,25)26)14-8-9-17-18(10-14)29-12-28-17/h5-10H,4,11-12H2,1-3H3,(H,21,23). The Morgan fingerprint density at radius 1 is 1.17 bits per heavy atom. The summed E-state index contributed by atoms with van der Waals surface area (Å²) in [5, 5.41) is 2.66. The molecule has 1 aliphatic heterocycles. The van der Waals surface area contributed by atoms with Crippen molar-refractivity contribution in [2.45, 2.75) is 13.8 Å². The van der Waals surface area contributed by atoms with Gasteiger partial charge in [-0.15, -0.1) is 0 Å². The molecule has 9 nitrogen and oxygen atoms in total. The number of anilines is 2. The highest BCUT2D eigenvalue weighted by atomic mass is 32.2. The number of fused-ring (bicyclic) bond motifs is 1. The van der Waals surface area contributed by atoms with Crippen molar-refractivity contribution < 1.29 is 32.2 Å². The number of esters is 1. The third-order valence-electron chi connectivity index (χ3n) is 4.43. The maximum atomic E-state index is 12.6. The van der Waals surface area contributed by atoms with E-state index in [2.05, 4.69) is 5.32 Å². The molecule has 30 heavy (non-hydrogen) atoms. The largest absolute Gasteiger partial charge is 0.462 e. The summed E-state index contributed by atoms with van der Waals surface area (Å²) in [6.07, 6.45) is 1.01. The van der Waals surface area contributed by atoms with Crippen molar-refractivity contribution in [3.63, 3.8) is 0 Å². The SMILES string of the molecule is CCOC(=O)c1cccc(NC(=O)CN(c2ccc3c(c2)OCO3)S(C)(=O)=O)c1C. The minimum absolute atomic E-state index is 0.0498. The van der Waals surface area contributed by atoms with Crippen molar-refractivity contribution >= 4 is 33.3 Å². The van der Waals surface area contributed by atoms with Crippen molar-refractivity contribution in [1.82, 2.24) is 0 Å². The predicted octanol–water partition coefficient (Wildman–Crippen LogP) is 2.31. The van der Waals surface area contributed by atoms with Crippen molar-refractivity contribution in [1.29, 1.82) is 0 Å². The number of nitrogens with one attached hydrogen (secondary N) is 1. The molecule has 2 aromatic rings. The molecule has 0 saturated heterocycles. The molecule has 0 saturated carbocycles. The Kier molecular flexibility index (Phi) is 6.16. The second-order valence-electron chi connectivity index (χ2n) is 6.55. The lowest BCUT2D eigenvalue weighted by molar-refractivity contribution is -0.114. The summed E-state index contributed by atoms with van der Waals surface area (Å²) in [5.41, 5.74) is 1.52. The highest BCUT2D eigenvalue weighted by Gasteiger charge is 2.24. The van der Waals surface area contributed by atoms with Gasteiger partial charge < -0.3 is 19.5 Å². The summed E-state index contributed by atoms with van der Waals surface area (Å²) in [7, 11) is -3.76. The third-order valence-corrected chi connectivity index (χ3v) is 5.58. The van der Waals surface area contributed by atoms with Gasteiger partial charge in [0.2, 0.25) is 22.7 Å². The van der Waals surface area contributed by atoms with Gasteiger partial charge in [0.1, 0.15) is 6.54 Å².